The molecule has 12 heteroatoms. The molecule has 0 saturated heterocycles. The van der Waals surface area contributed by atoms with Crippen molar-refractivity contribution in [1.82, 2.24) is 9.56 Å². The molecular weight excluding hydrogens is 491 g/mol. The van der Waals surface area contributed by atoms with Gasteiger partial charge in [0.25, 0.3) is 11.5 Å². The summed E-state index contributed by atoms with van der Waals surface area (Å²) in [6.07, 6.45) is -4.53. The summed E-state index contributed by atoms with van der Waals surface area (Å²) in [5.74, 6) is -0.0406. The summed E-state index contributed by atoms with van der Waals surface area (Å²) in [4.78, 5) is 28.8. The third-order valence-corrected chi connectivity index (χ3v) is 4.88. The molecule has 0 atom stereocenters. The highest BCUT2D eigenvalue weighted by Gasteiger charge is 2.30. The van der Waals surface area contributed by atoms with E-state index in [0.717, 1.165) is 16.7 Å². The second kappa shape index (κ2) is 9.71. The Morgan fingerprint density at radius 3 is 2.71 bits per heavy atom. The zero-order valence-corrected chi connectivity index (χ0v) is 18.8. The van der Waals surface area contributed by atoms with Crippen molar-refractivity contribution in [3.8, 4) is 11.5 Å². The molecule has 0 aliphatic heterocycles. The first-order valence-electron chi connectivity index (χ1n) is 10.1. The molecule has 0 radical (unpaired) electrons. The minimum absolute atomic E-state index is 0.107. The number of amides is 1. The minimum atomic E-state index is -4.53. The number of ether oxygens (including phenoxy) is 2. The lowest BCUT2D eigenvalue weighted by atomic mass is 10.2. The van der Waals surface area contributed by atoms with E-state index in [2.05, 4.69) is 10.3 Å². The van der Waals surface area contributed by atoms with Gasteiger partial charge in [-0.2, -0.15) is 13.2 Å². The van der Waals surface area contributed by atoms with E-state index in [-0.39, 0.29) is 23.8 Å². The molecule has 4 rings (SSSR count). The molecule has 0 fully saturated rings. The highest BCUT2D eigenvalue weighted by atomic mass is 35.5. The zero-order chi connectivity index (χ0) is 25.2. The van der Waals surface area contributed by atoms with Crippen molar-refractivity contribution in [3.05, 3.63) is 87.0 Å². The molecule has 0 aliphatic carbocycles. The number of nitrogens with one attached hydrogen (secondary N) is 1. The average molecular weight is 508 g/mol. The number of hydrogen-bond acceptors (Lipinski definition) is 6. The Bertz CT molecular complexity index is 1450. The summed E-state index contributed by atoms with van der Waals surface area (Å²) in [5, 5.41) is 2.89. The number of anilines is 1. The second-order valence-corrected chi connectivity index (χ2v) is 7.81. The second-order valence-electron chi connectivity index (χ2n) is 7.38. The van der Waals surface area contributed by atoms with Gasteiger partial charge in [-0.3, -0.25) is 9.59 Å². The maximum Gasteiger partial charge on any atom is 0.416 e. The highest BCUT2D eigenvalue weighted by Crippen LogP contribution is 2.31. The Labute approximate surface area is 200 Å². The van der Waals surface area contributed by atoms with Crippen LogP contribution in [0.3, 0.4) is 0 Å². The Balaban J connectivity index is 1.43. The summed E-state index contributed by atoms with van der Waals surface area (Å²) in [5.41, 5.74) is -0.432. The van der Waals surface area contributed by atoms with Gasteiger partial charge in [0.2, 0.25) is 0 Å². The lowest BCUT2D eigenvalue weighted by Gasteiger charge is -2.14. The van der Waals surface area contributed by atoms with Gasteiger partial charge in [-0.25, -0.2) is 4.98 Å². The van der Waals surface area contributed by atoms with Gasteiger partial charge in [-0.15, -0.1) is 4.57 Å². The van der Waals surface area contributed by atoms with Gasteiger partial charge >= 0.3 is 6.18 Å². The molecule has 2 aromatic carbocycles. The summed E-state index contributed by atoms with van der Waals surface area (Å²) in [6, 6.07) is 11.5. The number of aromatic nitrogens is 2. The van der Waals surface area contributed by atoms with Crippen LogP contribution in [-0.4, -0.2) is 22.1 Å². The van der Waals surface area contributed by atoms with Crippen molar-refractivity contribution in [2.75, 3.05) is 11.9 Å². The fourth-order valence-electron chi connectivity index (χ4n) is 3.12. The maximum absolute atomic E-state index is 12.8. The molecule has 0 saturated carbocycles. The summed E-state index contributed by atoms with van der Waals surface area (Å²) >= 11 is 6.04. The number of benzene rings is 2. The largest absolute Gasteiger partial charge is 0.485 e. The molecule has 1 N–H and O–H groups in total. The van der Waals surface area contributed by atoms with Crippen LogP contribution in [0.2, 0.25) is 5.02 Å². The molecule has 0 spiro atoms. The lowest BCUT2D eigenvalue weighted by Crippen LogP contribution is -2.21. The molecule has 4 aromatic rings. The van der Waals surface area contributed by atoms with Crippen LogP contribution in [0.5, 0.6) is 11.5 Å². The first-order valence-corrected chi connectivity index (χ1v) is 10.5. The van der Waals surface area contributed by atoms with Crippen molar-refractivity contribution in [3.63, 3.8) is 0 Å². The quantitative estimate of drug-likeness (QED) is 0.384. The smallest absolute Gasteiger partial charge is 0.416 e. The van der Waals surface area contributed by atoms with Crippen molar-refractivity contribution < 1.29 is 32.0 Å². The van der Waals surface area contributed by atoms with Crippen molar-refractivity contribution >= 4 is 28.8 Å². The number of carbonyl (C=O) groups is 1. The number of rotatable bonds is 7. The Kier molecular flexibility index (Phi) is 6.70. The lowest BCUT2D eigenvalue weighted by molar-refractivity contribution is -0.137. The van der Waals surface area contributed by atoms with E-state index in [0.29, 0.717) is 22.1 Å². The van der Waals surface area contributed by atoms with Gasteiger partial charge in [-0.05, 0) is 37.3 Å². The van der Waals surface area contributed by atoms with Crippen molar-refractivity contribution in [1.29, 1.82) is 0 Å². The number of carbonyl (C=O) groups excluding carboxylic acids is 1. The fraction of sp³-hybridized carbons (Fsp3) is 0.174. The van der Waals surface area contributed by atoms with Gasteiger partial charge in [-0.1, -0.05) is 17.7 Å². The standard InChI is InChI=1S/C23H17ClF3N3O5/c1-13-7-20-28-16(10-22(32)30(20)35-13)11-34-19-9-15(24)5-6-18(19)29-21(31)12-33-17-4-2-3-14(8-17)23(25,26)27/h2-10H,11-12H2,1H3,(H,29,31). The van der Waals surface area contributed by atoms with Crippen LogP contribution in [0, 0.1) is 6.92 Å². The number of aryl methyl sites for hydroxylation is 1. The van der Waals surface area contributed by atoms with Gasteiger partial charge in [0, 0.05) is 23.2 Å². The van der Waals surface area contributed by atoms with E-state index in [1.165, 1.54) is 36.4 Å². The van der Waals surface area contributed by atoms with E-state index in [4.69, 9.17) is 25.6 Å². The van der Waals surface area contributed by atoms with Crippen molar-refractivity contribution in [2.45, 2.75) is 19.7 Å². The zero-order valence-electron chi connectivity index (χ0n) is 18.1. The van der Waals surface area contributed by atoms with E-state index in [1.54, 1.807) is 13.0 Å². The Hall–Kier alpha value is -3.99. The van der Waals surface area contributed by atoms with E-state index in [9.17, 15) is 22.8 Å². The summed E-state index contributed by atoms with van der Waals surface area (Å²) < 4.78 is 55.7. The number of alkyl halides is 3. The third kappa shape index (κ3) is 5.93. The SMILES string of the molecule is Cc1cc2nc(COc3cc(Cl)ccc3NC(=O)COc3cccc(C(F)(F)F)c3)cc(=O)n2o1. The first-order chi connectivity index (χ1) is 16.6. The molecule has 2 heterocycles. The average Bonchev–Trinajstić information content (AvgIpc) is 3.18. The molecule has 182 valence electrons. The number of nitrogens with zero attached hydrogens (tertiary/aromatic N) is 2. The predicted molar refractivity (Wildman–Crippen MR) is 120 cm³/mol. The fourth-order valence-corrected chi connectivity index (χ4v) is 3.28. The topological polar surface area (TPSA) is 95.1 Å². The third-order valence-electron chi connectivity index (χ3n) is 4.65. The first kappa shape index (κ1) is 24.1. The van der Waals surface area contributed by atoms with Gasteiger partial charge in [0.1, 0.15) is 23.9 Å². The normalized spacial score (nSPS) is 11.5. The minimum Gasteiger partial charge on any atom is -0.485 e. The molecule has 0 unspecified atom stereocenters. The number of fused-ring (bicyclic) bond motifs is 1. The molecule has 35 heavy (non-hydrogen) atoms. The van der Waals surface area contributed by atoms with Crippen LogP contribution in [0.1, 0.15) is 17.0 Å². The van der Waals surface area contributed by atoms with E-state index >= 15 is 0 Å². The van der Waals surface area contributed by atoms with Crippen LogP contribution in [-0.2, 0) is 17.6 Å². The van der Waals surface area contributed by atoms with Gasteiger partial charge < -0.3 is 19.3 Å². The van der Waals surface area contributed by atoms with Crippen LogP contribution in [0.4, 0.5) is 18.9 Å². The summed E-state index contributed by atoms with van der Waals surface area (Å²) in [6.45, 7) is 1.03. The predicted octanol–water partition coefficient (Wildman–Crippen LogP) is 4.86. The molecule has 0 aliphatic rings. The Morgan fingerprint density at radius 2 is 1.94 bits per heavy atom. The number of halogens is 4. The van der Waals surface area contributed by atoms with Gasteiger partial charge in [0.15, 0.2) is 12.3 Å². The van der Waals surface area contributed by atoms with Crippen LogP contribution >= 0.6 is 11.6 Å². The van der Waals surface area contributed by atoms with Gasteiger partial charge in [0.05, 0.1) is 16.9 Å². The summed E-state index contributed by atoms with van der Waals surface area (Å²) in [7, 11) is 0. The van der Waals surface area contributed by atoms with E-state index < -0.39 is 29.8 Å². The monoisotopic (exact) mass is 507 g/mol. The maximum atomic E-state index is 12.8. The molecular formula is C23H17ClF3N3O5. The molecule has 0 bridgehead atoms. The van der Waals surface area contributed by atoms with Crippen LogP contribution < -0.4 is 20.3 Å². The molecule has 1 amide bonds. The van der Waals surface area contributed by atoms with Crippen LogP contribution in [0.25, 0.3) is 5.65 Å². The Morgan fingerprint density at radius 1 is 1.14 bits per heavy atom. The van der Waals surface area contributed by atoms with Crippen LogP contribution in [0.15, 0.2) is 63.9 Å². The molecule has 8 nitrogen and oxygen atoms in total. The number of hydrogen-bond donors (Lipinski definition) is 1. The highest BCUT2D eigenvalue weighted by molar-refractivity contribution is 6.30. The van der Waals surface area contributed by atoms with E-state index in [1.807, 2.05) is 0 Å². The molecule has 2 aromatic heterocycles. The van der Waals surface area contributed by atoms with Crippen molar-refractivity contribution in [2.24, 2.45) is 0 Å².